The Morgan fingerprint density at radius 2 is 1.47 bits per heavy atom. The maximum absolute atomic E-state index is 13.8. The van der Waals surface area contributed by atoms with Gasteiger partial charge in [-0.2, -0.15) is 39.5 Å². The zero-order chi connectivity index (χ0) is 32.1. The fraction of sp³-hybridized carbons (Fsp3) is 0.500. The van der Waals surface area contributed by atoms with Gasteiger partial charge in [0.2, 0.25) is 0 Å². The summed E-state index contributed by atoms with van der Waals surface area (Å²) >= 11 is 0.606. The summed E-state index contributed by atoms with van der Waals surface area (Å²) in [6.07, 6.45) is -13.9. The van der Waals surface area contributed by atoms with Crippen molar-refractivity contribution >= 4 is 28.8 Å². The number of carbonyl (C=O) groups excluding carboxylic acids is 2. The second-order valence-corrected chi connectivity index (χ2v) is 11.5. The van der Waals surface area contributed by atoms with Gasteiger partial charge in [0.05, 0.1) is 34.5 Å². The lowest BCUT2D eigenvalue weighted by Crippen LogP contribution is -2.50. The molecule has 0 radical (unpaired) electrons. The summed E-state index contributed by atoms with van der Waals surface area (Å²) in [6, 6.07) is 1.66. The molecule has 15 heteroatoms. The first-order chi connectivity index (χ1) is 19.8. The lowest BCUT2D eigenvalue weighted by Gasteiger charge is -2.44. The second kappa shape index (κ2) is 11.8. The van der Waals surface area contributed by atoms with E-state index in [0.717, 1.165) is 23.1 Å². The van der Waals surface area contributed by atoms with Crippen molar-refractivity contribution in [2.45, 2.75) is 76.4 Å². The molecule has 1 heterocycles. The number of alkyl halides is 9. The summed E-state index contributed by atoms with van der Waals surface area (Å²) in [6.45, 7) is 2.42. The molecular formula is C28H27F9N2O3S. The van der Waals surface area contributed by atoms with E-state index < -0.39 is 76.8 Å². The first-order valence-corrected chi connectivity index (χ1v) is 14.4. The van der Waals surface area contributed by atoms with Gasteiger partial charge in [-0.15, -0.1) is 0 Å². The molecule has 1 fully saturated rings. The first kappa shape index (κ1) is 32.8. The van der Waals surface area contributed by atoms with Gasteiger partial charge in [-0.25, -0.2) is 4.79 Å². The molecular weight excluding hydrogens is 615 g/mol. The minimum atomic E-state index is -5.14. The van der Waals surface area contributed by atoms with Crippen LogP contribution in [-0.4, -0.2) is 34.6 Å². The Morgan fingerprint density at radius 1 is 0.907 bits per heavy atom. The minimum absolute atomic E-state index is 0.0192. The van der Waals surface area contributed by atoms with Gasteiger partial charge in [-0.05, 0) is 92.8 Å². The van der Waals surface area contributed by atoms with Crippen LogP contribution in [0.3, 0.4) is 0 Å². The average molecular weight is 643 g/mol. The Balaban J connectivity index is 1.88. The van der Waals surface area contributed by atoms with E-state index in [9.17, 15) is 49.1 Å². The summed E-state index contributed by atoms with van der Waals surface area (Å²) < 4.78 is 128. The molecule has 1 aliphatic heterocycles. The van der Waals surface area contributed by atoms with E-state index in [1.807, 2.05) is 0 Å². The van der Waals surface area contributed by atoms with Crippen LogP contribution in [0.5, 0.6) is 0 Å². The molecule has 2 amide bonds. The quantitative estimate of drug-likeness (QED) is 0.305. The normalized spacial score (nSPS) is 19.3. The number of amides is 2. The van der Waals surface area contributed by atoms with Crippen LogP contribution in [0.25, 0.3) is 0 Å². The van der Waals surface area contributed by atoms with Crippen LogP contribution in [0.2, 0.25) is 0 Å². The molecule has 43 heavy (non-hydrogen) atoms. The SMILES string of the molecule is CSC(=O)N(Cc1cc(C(F)(F)F)cc(C(F)(F)F)c1)[C@@H]1C[C@H](C2CC2)N(C(=O)OC(C)C)c2ccc(C(F)(F)F)cc21. The highest BCUT2D eigenvalue weighted by Gasteiger charge is 2.48. The van der Waals surface area contributed by atoms with E-state index in [1.165, 1.54) is 11.2 Å². The number of benzene rings is 2. The van der Waals surface area contributed by atoms with E-state index in [4.69, 9.17) is 4.74 Å². The molecule has 1 saturated carbocycles. The van der Waals surface area contributed by atoms with Crippen molar-refractivity contribution in [3.8, 4) is 0 Å². The summed E-state index contributed by atoms with van der Waals surface area (Å²) in [5, 5.41) is -0.785. The second-order valence-electron chi connectivity index (χ2n) is 10.7. The summed E-state index contributed by atoms with van der Waals surface area (Å²) in [5.74, 6) is -0.103. The number of hydrogen-bond donors (Lipinski definition) is 0. The van der Waals surface area contributed by atoms with Crippen molar-refractivity contribution < 1.29 is 53.8 Å². The van der Waals surface area contributed by atoms with Gasteiger partial charge in [0.1, 0.15) is 0 Å². The highest BCUT2D eigenvalue weighted by atomic mass is 32.2. The Bertz CT molecular complexity index is 1340. The van der Waals surface area contributed by atoms with Gasteiger partial charge >= 0.3 is 24.6 Å². The van der Waals surface area contributed by atoms with Crippen molar-refractivity contribution in [2.75, 3.05) is 11.2 Å². The lowest BCUT2D eigenvalue weighted by molar-refractivity contribution is -0.143. The van der Waals surface area contributed by atoms with Crippen molar-refractivity contribution in [3.05, 3.63) is 64.2 Å². The summed E-state index contributed by atoms with van der Waals surface area (Å²) in [5.41, 5.74) is -4.90. The molecule has 0 spiro atoms. The average Bonchev–Trinajstić information content (AvgIpc) is 3.73. The highest BCUT2D eigenvalue weighted by Crippen LogP contribution is 2.50. The maximum Gasteiger partial charge on any atom is 0.416 e. The Hall–Kier alpha value is -3.10. The summed E-state index contributed by atoms with van der Waals surface area (Å²) in [4.78, 5) is 28.7. The number of rotatable bonds is 5. The standard InChI is InChI=1S/C28H27F9N2O3S/c1-14(2)42-24(40)39-21-7-6-17(26(29,30)31)11-20(21)23(12-22(39)16-4-5-16)38(25(41)43-3)13-15-8-18(27(32,33)34)10-19(9-15)28(35,36)37/h6-11,14,16,22-23H,4-5,12-13H2,1-3H3/t22-,23-/m1/s1. The molecule has 2 aliphatic rings. The number of ether oxygens (including phenoxy) is 1. The minimum Gasteiger partial charge on any atom is -0.446 e. The fourth-order valence-corrected chi connectivity index (χ4v) is 5.68. The molecule has 2 aromatic rings. The van der Waals surface area contributed by atoms with Crippen LogP contribution in [0.1, 0.15) is 67.0 Å². The number of thioether (sulfide) groups is 1. The predicted octanol–water partition coefficient (Wildman–Crippen LogP) is 9.30. The number of halogens is 9. The van der Waals surface area contributed by atoms with Gasteiger partial charge in [0.15, 0.2) is 0 Å². The van der Waals surface area contributed by atoms with Crippen LogP contribution in [0.15, 0.2) is 36.4 Å². The van der Waals surface area contributed by atoms with Crippen molar-refractivity contribution in [1.29, 1.82) is 0 Å². The topological polar surface area (TPSA) is 49.9 Å². The number of hydrogen-bond acceptors (Lipinski definition) is 4. The molecule has 0 unspecified atom stereocenters. The smallest absolute Gasteiger partial charge is 0.416 e. The largest absolute Gasteiger partial charge is 0.446 e. The van der Waals surface area contributed by atoms with E-state index >= 15 is 0 Å². The molecule has 4 rings (SSSR count). The predicted molar refractivity (Wildman–Crippen MR) is 140 cm³/mol. The monoisotopic (exact) mass is 642 g/mol. The van der Waals surface area contributed by atoms with Crippen molar-refractivity contribution in [1.82, 2.24) is 4.90 Å². The van der Waals surface area contributed by atoms with Crippen molar-refractivity contribution in [2.24, 2.45) is 5.92 Å². The molecule has 0 saturated heterocycles. The Labute approximate surface area is 245 Å². The van der Waals surface area contributed by atoms with Gasteiger partial charge in [0, 0.05) is 12.6 Å². The molecule has 0 aromatic heterocycles. The van der Waals surface area contributed by atoms with Crippen LogP contribution < -0.4 is 4.90 Å². The van der Waals surface area contributed by atoms with Gasteiger partial charge in [-0.3, -0.25) is 9.69 Å². The number of nitrogens with zero attached hydrogens (tertiary/aromatic N) is 2. The molecule has 2 aromatic carbocycles. The third-order valence-corrected chi connectivity index (χ3v) is 7.84. The molecule has 0 N–H and O–H groups in total. The van der Waals surface area contributed by atoms with E-state index in [0.29, 0.717) is 36.7 Å². The fourth-order valence-electron chi connectivity index (χ4n) is 5.26. The molecule has 0 bridgehead atoms. The third-order valence-electron chi connectivity index (χ3n) is 7.25. The first-order valence-electron chi connectivity index (χ1n) is 13.1. The Kier molecular flexibility index (Phi) is 8.98. The highest BCUT2D eigenvalue weighted by molar-refractivity contribution is 8.12. The van der Waals surface area contributed by atoms with Gasteiger partial charge in [0.25, 0.3) is 5.24 Å². The van der Waals surface area contributed by atoms with Crippen LogP contribution in [-0.2, 0) is 29.8 Å². The zero-order valence-corrected chi connectivity index (χ0v) is 23.8. The van der Waals surface area contributed by atoms with Crippen LogP contribution in [0.4, 0.5) is 54.8 Å². The van der Waals surface area contributed by atoms with Crippen molar-refractivity contribution in [3.63, 3.8) is 0 Å². The van der Waals surface area contributed by atoms with E-state index in [1.54, 1.807) is 13.8 Å². The van der Waals surface area contributed by atoms with E-state index in [2.05, 4.69) is 0 Å². The van der Waals surface area contributed by atoms with Crippen LogP contribution >= 0.6 is 11.8 Å². The van der Waals surface area contributed by atoms with Crippen LogP contribution in [0, 0.1) is 5.92 Å². The molecule has 5 nitrogen and oxygen atoms in total. The molecule has 236 valence electrons. The summed E-state index contributed by atoms with van der Waals surface area (Å²) in [7, 11) is 0. The lowest BCUT2D eigenvalue weighted by atomic mass is 9.86. The number of carbonyl (C=O) groups is 2. The Morgan fingerprint density at radius 3 is 1.93 bits per heavy atom. The van der Waals surface area contributed by atoms with E-state index in [-0.39, 0.29) is 29.7 Å². The molecule has 1 aliphatic carbocycles. The van der Waals surface area contributed by atoms with Gasteiger partial charge in [-0.1, -0.05) is 11.8 Å². The van der Waals surface area contributed by atoms with Gasteiger partial charge < -0.3 is 9.64 Å². The number of fused-ring (bicyclic) bond motifs is 1. The molecule has 2 atom stereocenters. The third kappa shape index (κ3) is 7.35. The zero-order valence-electron chi connectivity index (χ0n) is 23.0. The number of anilines is 1. The maximum atomic E-state index is 13.8.